The zero-order valence-electron chi connectivity index (χ0n) is 13.8. The number of halogens is 2. The highest BCUT2D eigenvalue weighted by molar-refractivity contribution is 6.33. The number of hydrogen-bond acceptors (Lipinski definition) is 3. The lowest BCUT2D eigenvalue weighted by Crippen LogP contribution is -2.34. The topological polar surface area (TPSA) is 29.5 Å². The lowest BCUT2D eigenvalue weighted by Gasteiger charge is -2.25. The molecule has 0 fully saturated rings. The molecule has 0 aliphatic heterocycles. The van der Waals surface area contributed by atoms with Gasteiger partial charge in [-0.15, -0.1) is 12.4 Å². The van der Waals surface area contributed by atoms with Gasteiger partial charge in [0.05, 0.1) is 10.6 Å². The molecule has 0 aliphatic rings. The van der Waals surface area contributed by atoms with Gasteiger partial charge in [0.25, 0.3) is 0 Å². The van der Waals surface area contributed by atoms with Gasteiger partial charge in [0, 0.05) is 19.6 Å². The van der Waals surface area contributed by atoms with E-state index in [1.807, 2.05) is 0 Å². The van der Waals surface area contributed by atoms with E-state index in [0.29, 0.717) is 29.0 Å². The van der Waals surface area contributed by atoms with Crippen LogP contribution in [0.25, 0.3) is 0 Å². The summed E-state index contributed by atoms with van der Waals surface area (Å²) in [5.74, 6) is 0.848. The number of esters is 1. The third-order valence-electron chi connectivity index (χ3n) is 2.98. The Labute approximate surface area is 145 Å². The van der Waals surface area contributed by atoms with E-state index >= 15 is 0 Å². The van der Waals surface area contributed by atoms with E-state index in [0.717, 1.165) is 19.6 Å². The summed E-state index contributed by atoms with van der Waals surface area (Å²) >= 11 is 5.99. The van der Waals surface area contributed by atoms with Crippen LogP contribution in [0.5, 0.6) is 0 Å². The first-order chi connectivity index (χ1) is 9.90. The lowest BCUT2D eigenvalue weighted by atomic mass is 10.1. The minimum absolute atomic E-state index is 0. The normalized spacial score (nSPS) is 10.9. The SMILES string of the molecule is CC(C)CN(CCOC(=O)c1ccccc1Cl)CC(C)C.Cl. The molecular weight excluding hydrogens is 321 g/mol. The molecule has 0 spiro atoms. The van der Waals surface area contributed by atoms with Crippen molar-refractivity contribution in [2.24, 2.45) is 11.8 Å². The van der Waals surface area contributed by atoms with Gasteiger partial charge in [-0.2, -0.15) is 0 Å². The van der Waals surface area contributed by atoms with Gasteiger partial charge in [-0.1, -0.05) is 51.4 Å². The number of hydrogen-bond donors (Lipinski definition) is 0. The van der Waals surface area contributed by atoms with E-state index in [9.17, 15) is 4.79 Å². The monoisotopic (exact) mass is 347 g/mol. The number of rotatable bonds is 8. The third kappa shape index (κ3) is 8.02. The molecule has 3 nitrogen and oxygen atoms in total. The minimum Gasteiger partial charge on any atom is -0.461 e. The van der Waals surface area contributed by atoms with Gasteiger partial charge in [0.1, 0.15) is 6.61 Å². The molecule has 0 atom stereocenters. The van der Waals surface area contributed by atoms with Crippen molar-refractivity contribution in [1.29, 1.82) is 0 Å². The Hall–Kier alpha value is -0.770. The Bertz CT molecular complexity index is 440. The molecule has 0 saturated heterocycles. The maximum absolute atomic E-state index is 12.0. The van der Waals surface area contributed by atoms with Crippen LogP contribution in [0.4, 0.5) is 0 Å². The van der Waals surface area contributed by atoms with E-state index in [1.165, 1.54) is 0 Å². The van der Waals surface area contributed by atoms with Crippen LogP contribution in [0.1, 0.15) is 38.1 Å². The molecule has 22 heavy (non-hydrogen) atoms. The molecular formula is C17H27Cl2NO2. The minimum atomic E-state index is -0.352. The maximum atomic E-state index is 12.0. The van der Waals surface area contributed by atoms with Crippen molar-refractivity contribution in [1.82, 2.24) is 4.90 Å². The van der Waals surface area contributed by atoms with Crippen LogP contribution in [-0.2, 0) is 4.74 Å². The average Bonchev–Trinajstić information content (AvgIpc) is 2.37. The quantitative estimate of drug-likeness (QED) is 0.647. The molecule has 0 saturated carbocycles. The standard InChI is InChI=1S/C17H26ClNO2.ClH/c1-13(2)11-19(12-14(3)4)9-10-21-17(20)15-7-5-6-8-16(15)18;/h5-8,13-14H,9-12H2,1-4H3;1H. The van der Waals surface area contributed by atoms with E-state index in [2.05, 4.69) is 32.6 Å². The summed E-state index contributed by atoms with van der Waals surface area (Å²) in [6.07, 6.45) is 0. The van der Waals surface area contributed by atoms with Gasteiger partial charge in [0.15, 0.2) is 0 Å². The van der Waals surface area contributed by atoms with Crippen molar-refractivity contribution in [3.05, 3.63) is 34.9 Å². The van der Waals surface area contributed by atoms with Crippen LogP contribution in [-0.4, -0.2) is 37.1 Å². The third-order valence-corrected chi connectivity index (χ3v) is 3.31. The fourth-order valence-corrected chi connectivity index (χ4v) is 2.47. The molecule has 0 bridgehead atoms. The van der Waals surface area contributed by atoms with E-state index in [4.69, 9.17) is 16.3 Å². The van der Waals surface area contributed by atoms with Gasteiger partial charge < -0.3 is 4.74 Å². The Morgan fingerprint density at radius 3 is 2.18 bits per heavy atom. The van der Waals surface area contributed by atoms with E-state index in [-0.39, 0.29) is 18.4 Å². The Kier molecular flexibility index (Phi) is 10.5. The molecule has 0 aromatic heterocycles. The second-order valence-corrected chi connectivity index (χ2v) is 6.57. The summed E-state index contributed by atoms with van der Waals surface area (Å²) in [5, 5.41) is 0.434. The van der Waals surface area contributed by atoms with Crippen molar-refractivity contribution in [3.63, 3.8) is 0 Å². The summed E-state index contributed by atoms with van der Waals surface area (Å²) in [4.78, 5) is 14.3. The predicted octanol–water partition coefficient (Wildman–Crippen LogP) is 4.53. The van der Waals surface area contributed by atoms with Gasteiger partial charge in [0.2, 0.25) is 0 Å². The van der Waals surface area contributed by atoms with Crippen molar-refractivity contribution in [2.45, 2.75) is 27.7 Å². The Balaban J connectivity index is 0.00000441. The lowest BCUT2D eigenvalue weighted by molar-refractivity contribution is 0.0450. The average molecular weight is 348 g/mol. The van der Waals surface area contributed by atoms with Crippen molar-refractivity contribution in [2.75, 3.05) is 26.2 Å². The van der Waals surface area contributed by atoms with Crippen molar-refractivity contribution < 1.29 is 9.53 Å². The largest absolute Gasteiger partial charge is 0.461 e. The van der Waals surface area contributed by atoms with Crippen LogP contribution in [0.2, 0.25) is 5.02 Å². The van der Waals surface area contributed by atoms with Crippen LogP contribution in [0.15, 0.2) is 24.3 Å². The summed E-state index contributed by atoms with van der Waals surface area (Å²) in [7, 11) is 0. The summed E-state index contributed by atoms with van der Waals surface area (Å²) in [6.45, 7) is 12.0. The first-order valence-corrected chi connectivity index (χ1v) is 7.92. The van der Waals surface area contributed by atoms with Crippen molar-refractivity contribution >= 4 is 30.0 Å². The molecule has 0 radical (unpaired) electrons. The molecule has 1 rings (SSSR count). The summed E-state index contributed by atoms with van der Waals surface area (Å²) < 4.78 is 5.34. The molecule has 0 amide bonds. The number of carbonyl (C=O) groups excluding carboxylic acids is 1. The summed E-state index contributed by atoms with van der Waals surface area (Å²) in [6, 6.07) is 6.96. The molecule has 0 aliphatic carbocycles. The summed E-state index contributed by atoms with van der Waals surface area (Å²) in [5.41, 5.74) is 0.429. The number of carbonyl (C=O) groups is 1. The maximum Gasteiger partial charge on any atom is 0.339 e. The predicted molar refractivity (Wildman–Crippen MR) is 95.1 cm³/mol. The zero-order chi connectivity index (χ0) is 15.8. The molecule has 126 valence electrons. The highest BCUT2D eigenvalue weighted by Gasteiger charge is 2.13. The Morgan fingerprint density at radius 1 is 1.14 bits per heavy atom. The highest BCUT2D eigenvalue weighted by Crippen LogP contribution is 2.15. The zero-order valence-corrected chi connectivity index (χ0v) is 15.4. The van der Waals surface area contributed by atoms with Gasteiger partial charge in [-0.3, -0.25) is 4.90 Å². The fourth-order valence-electron chi connectivity index (χ4n) is 2.26. The Morgan fingerprint density at radius 2 is 1.68 bits per heavy atom. The van der Waals surface area contributed by atoms with Crippen LogP contribution < -0.4 is 0 Å². The fraction of sp³-hybridized carbons (Fsp3) is 0.588. The van der Waals surface area contributed by atoms with Crippen LogP contribution in [0, 0.1) is 11.8 Å². The highest BCUT2D eigenvalue weighted by atomic mass is 35.5. The first-order valence-electron chi connectivity index (χ1n) is 7.54. The number of benzene rings is 1. The second kappa shape index (κ2) is 10.9. The van der Waals surface area contributed by atoms with Crippen LogP contribution in [0.3, 0.4) is 0 Å². The van der Waals surface area contributed by atoms with Gasteiger partial charge >= 0.3 is 5.97 Å². The molecule has 1 aromatic rings. The van der Waals surface area contributed by atoms with Crippen molar-refractivity contribution in [3.8, 4) is 0 Å². The van der Waals surface area contributed by atoms with E-state index < -0.39 is 0 Å². The molecule has 0 heterocycles. The number of ether oxygens (including phenoxy) is 1. The molecule has 0 N–H and O–H groups in total. The second-order valence-electron chi connectivity index (χ2n) is 6.16. The molecule has 5 heteroatoms. The first kappa shape index (κ1) is 21.2. The van der Waals surface area contributed by atoms with Gasteiger partial charge in [-0.05, 0) is 24.0 Å². The molecule has 1 aromatic carbocycles. The smallest absolute Gasteiger partial charge is 0.339 e. The van der Waals surface area contributed by atoms with E-state index in [1.54, 1.807) is 24.3 Å². The van der Waals surface area contributed by atoms with Crippen LogP contribution >= 0.6 is 24.0 Å². The number of nitrogens with zero attached hydrogens (tertiary/aromatic N) is 1. The molecule has 0 unspecified atom stereocenters. The van der Waals surface area contributed by atoms with Gasteiger partial charge in [-0.25, -0.2) is 4.79 Å².